The van der Waals surface area contributed by atoms with Gasteiger partial charge in [0, 0.05) is 27.1 Å². The molecule has 1 aliphatic heterocycles. The van der Waals surface area contributed by atoms with Gasteiger partial charge in [-0.05, 0) is 24.1 Å². The van der Waals surface area contributed by atoms with E-state index >= 15 is 0 Å². The number of alkyl halides is 3. The second kappa shape index (κ2) is 7.98. The number of aliphatic carboxylic acids is 1. The van der Waals surface area contributed by atoms with E-state index in [2.05, 4.69) is 0 Å². The predicted octanol–water partition coefficient (Wildman–Crippen LogP) is 2.55. The maximum absolute atomic E-state index is 12.8. The average molecular weight is 386 g/mol. The van der Waals surface area contributed by atoms with Gasteiger partial charge < -0.3 is 14.9 Å². The lowest BCUT2D eigenvalue weighted by molar-refractivity contribution is -0.146. The Morgan fingerprint density at radius 3 is 2.37 bits per heavy atom. The van der Waals surface area contributed by atoms with E-state index in [0.717, 1.165) is 12.1 Å². The summed E-state index contributed by atoms with van der Waals surface area (Å²) in [5.41, 5.74) is -0.374. The van der Waals surface area contributed by atoms with Crippen molar-refractivity contribution in [1.82, 2.24) is 9.80 Å². The number of carbonyl (C=O) groups excluding carboxylic acids is 2. The average Bonchev–Trinajstić information content (AvgIpc) is 2.60. The van der Waals surface area contributed by atoms with E-state index in [4.69, 9.17) is 5.11 Å². The van der Waals surface area contributed by atoms with Crippen LogP contribution in [0.15, 0.2) is 24.3 Å². The van der Waals surface area contributed by atoms with Gasteiger partial charge in [0.05, 0.1) is 23.9 Å². The summed E-state index contributed by atoms with van der Waals surface area (Å²) in [5.74, 6) is -2.22. The molecule has 6 nitrogen and oxygen atoms in total. The van der Waals surface area contributed by atoms with Crippen LogP contribution in [0.5, 0.6) is 0 Å². The van der Waals surface area contributed by atoms with E-state index < -0.39 is 29.7 Å². The van der Waals surface area contributed by atoms with Crippen molar-refractivity contribution in [3.8, 4) is 0 Å². The molecule has 1 aromatic rings. The van der Waals surface area contributed by atoms with Crippen LogP contribution in [0, 0.1) is 5.92 Å². The van der Waals surface area contributed by atoms with Gasteiger partial charge in [-0.3, -0.25) is 14.4 Å². The zero-order valence-electron chi connectivity index (χ0n) is 15.0. The van der Waals surface area contributed by atoms with Gasteiger partial charge >= 0.3 is 12.1 Å². The molecule has 0 aromatic heterocycles. The highest BCUT2D eigenvalue weighted by molar-refractivity contribution is 5.85. The quantitative estimate of drug-likeness (QED) is 0.844. The molecule has 1 saturated heterocycles. The summed E-state index contributed by atoms with van der Waals surface area (Å²) < 4.78 is 38.4. The third kappa shape index (κ3) is 4.78. The number of carbonyl (C=O) groups is 3. The van der Waals surface area contributed by atoms with Crippen molar-refractivity contribution in [3.63, 3.8) is 0 Å². The van der Waals surface area contributed by atoms with Crippen LogP contribution in [0.1, 0.15) is 36.4 Å². The van der Waals surface area contributed by atoms with Gasteiger partial charge in [-0.2, -0.15) is 13.2 Å². The molecule has 2 amide bonds. The van der Waals surface area contributed by atoms with Gasteiger partial charge in [0.1, 0.15) is 0 Å². The summed E-state index contributed by atoms with van der Waals surface area (Å²) >= 11 is 0. The van der Waals surface area contributed by atoms with Crippen LogP contribution in [0.3, 0.4) is 0 Å². The monoisotopic (exact) mass is 386 g/mol. The molecule has 1 aliphatic rings. The van der Waals surface area contributed by atoms with Crippen molar-refractivity contribution in [3.05, 3.63) is 35.4 Å². The zero-order chi connectivity index (χ0) is 20.4. The summed E-state index contributed by atoms with van der Waals surface area (Å²) in [4.78, 5) is 38.3. The number of carboxylic acid groups (broad SMARTS) is 1. The number of nitrogens with zero attached hydrogens (tertiary/aromatic N) is 2. The van der Waals surface area contributed by atoms with Crippen molar-refractivity contribution in [1.29, 1.82) is 0 Å². The number of benzene rings is 1. The number of halogens is 3. The van der Waals surface area contributed by atoms with Crippen LogP contribution in [-0.4, -0.2) is 53.3 Å². The first kappa shape index (κ1) is 20.7. The highest BCUT2D eigenvalue weighted by Gasteiger charge is 2.40. The van der Waals surface area contributed by atoms with Crippen LogP contribution in [0.4, 0.5) is 13.2 Å². The third-order valence-electron chi connectivity index (χ3n) is 4.80. The first-order valence-corrected chi connectivity index (χ1v) is 8.42. The van der Waals surface area contributed by atoms with Crippen molar-refractivity contribution in [2.24, 2.45) is 5.92 Å². The van der Waals surface area contributed by atoms with E-state index in [0.29, 0.717) is 5.56 Å². The summed E-state index contributed by atoms with van der Waals surface area (Å²) in [6.45, 7) is 0.0159. The lowest BCUT2D eigenvalue weighted by atomic mass is 9.83. The van der Waals surface area contributed by atoms with Crippen molar-refractivity contribution < 1.29 is 32.7 Å². The highest BCUT2D eigenvalue weighted by atomic mass is 19.4. The standard InChI is InChI=1S/C18H21F3N2O4/c1-22(10-9-15(25)26)17(27)13-7-8-14(24)23(2)16(13)11-3-5-12(6-4-11)18(19,20)21/h3-6,13,16H,7-10H2,1-2H3,(H,25,26). The minimum Gasteiger partial charge on any atom is -0.481 e. The first-order valence-electron chi connectivity index (χ1n) is 8.42. The Hall–Kier alpha value is -2.58. The minimum atomic E-state index is -4.47. The fraction of sp³-hybridized carbons (Fsp3) is 0.500. The van der Waals surface area contributed by atoms with Crippen LogP contribution >= 0.6 is 0 Å². The Bertz CT molecular complexity index is 718. The van der Waals surface area contributed by atoms with Crippen molar-refractivity contribution >= 4 is 17.8 Å². The molecule has 0 saturated carbocycles. The minimum absolute atomic E-state index is 0.0159. The van der Waals surface area contributed by atoms with Gasteiger partial charge in [0.2, 0.25) is 11.8 Å². The van der Waals surface area contributed by atoms with Crippen LogP contribution in [-0.2, 0) is 20.6 Å². The number of carboxylic acids is 1. The van der Waals surface area contributed by atoms with Crippen LogP contribution < -0.4 is 0 Å². The Balaban J connectivity index is 2.29. The maximum atomic E-state index is 12.8. The van der Waals surface area contributed by atoms with Gasteiger partial charge in [-0.25, -0.2) is 0 Å². The smallest absolute Gasteiger partial charge is 0.416 e. The Labute approximate surface area is 154 Å². The first-order chi connectivity index (χ1) is 12.5. The summed E-state index contributed by atoms with van der Waals surface area (Å²) in [7, 11) is 2.99. The number of rotatable bonds is 5. The molecule has 1 heterocycles. The van der Waals surface area contributed by atoms with Gasteiger partial charge in [0.15, 0.2) is 0 Å². The van der Waals surface area contributed by atoms with Gasteiger partial charge in [-0.15, -0.1) is 0 Å². The van der Waals surface area contributed by atoms with E-state index in [9.17, 15) is 27.6 Å². The van der Waals surface area contributed by atoms with Crippen LogP contribution in [0.25, 0.3) is 0 Å². The third-order valence-corrected chi connectivity index (χ3v) is 4.80. The lowest BCUT2D eigenvalue weighted by Gasteiger charge is -2.40. The topological polar surface area (TPSA) is 77.9 Å². The number of likely N-dealkylation sites (tertiary alicyclic amines) is 1. The SMILES string of the molecule is CN(CCC(=O)O)C(=O)C1CCC(=O)N(C)C1c1ccc(C(F)(F)F)cc1. The molecule has 9 heteroatoms. The largest absolute Gasteiger partial charge is 0.481 e. The number of hydrogen-bond donors (Lipinski definition) is 1. The molecule has 2 rings (SSSR count). The van der Waals surface area contributed by atoms with Crippen LogP contribution in [0.2, 0.25) is 0 Å². The van der Waals surface area contributed by atoms with Gasteiger partial charge in [-0.1, -0.05) is 12.1 Å². The molecule has 0 aliphatic carbocycles. The predicted molar refractivity (Wildman–Crippen MR) is 89.6 cm³/mol. The molecule has 27 heavy (non-hydrogen) atoms. The van der Waals surface area contributed by atoms with E-state index in [-0.39, 0.29) is 37.6 Å². The Morgan fingerprint density at radius 2 is 1.85 bits per heavy atom. The van der Waals surface area contributed by atoms with E-state index in [1.54, 1.807) is 0 Å². The molecular formula is C18H21F3N2O4. The number of amides is 2. The molecule has 2 unspecified atom stereocenters. The Kier molecular flexibility index (Phi) is 6.12. The highest BCUT2D eigenvalue weighted by Crippen LogP contribution is 2.38. The summed E-state index contributed by atoms with van der Waals surface area (Å²) in [6, 6.07) is 3.71. The number of hydrogen-bond acceptors (Lipinski definition) is 3. The molecule has 1 N–H and O–H groups in total. The second-order valence-electron chi connectivity index (χ2n) is 6.62. The molecule has 148 valence electrons. The van der Waals surface area contributed by atoms with Gasteiger partial charge in [0.25, 0.3) is 0 Å². The molecule has 0 radical (unpaired) electrons. The van der Waals surface area contributed by atoms with Crippen molar-refractivity contribution in [2.45, 2.75) is 31.5 Å². The Morgan fingerprint density at radius 1 is 1.26 bits per heavy atom. The second-order valence-corrected chi connectivity index (χ2v) is 6.62. The zero-order valence-corrected chi connectivity index (χ0v) is 15.0. The molecule has 1 aromatic carbocycles. The lowest BCUT2D eigenvalue weighted by Crippen LogP contribution is -2.47. The number of piperidine rings is 1. The van der Waals surface area contributed by atoms with E-state index in [1.165, 1.54) is 36.0 Å². The molecule has 1 fully saturated rings. The fourth-order valence-corrected chi connectivity index (χ4v) is 3.28. The molecule has 2 atom stereocenters. The van der Waals surface area contributed by atoms with E-state index in [1.807, 2.05) is 0 Å². The molecular weight excluding hydrogens is 365 g/mol. The van der Waals surface area contributed by atoms with Crippen molar-refractivity contribution in [2.75, 3.05) is 20.6 Å². The summed E-state index contributed by atoms with van der Waals surface area (Å²) in [5, 5.41) is 8.77. The fourth-order valence-electron chi connectivity index (χ4n) is 3.28. The maximum Gasteiger partial charge on any atom is 0.416 e. The molecule has 0 spiro atoms. The molecule has 0 bridgehead atoms. The normalized spacial score (nSPS) is 20.5. The summed E-state index contributed by atoms with van der Waals surface area (Å²) in [6.07, 6.45) is -4.28.